The number of halogens is 1. The summed E-state index contributed by atoms with van der Waals surface area (Å²) in [5, 5.41) is 28.7. The summed E-state index contributed by atoms with van der Waals surface area (Å²) in [5.41, 5.74) is 1.06. The van der Waals surface area contributed by atoms with Crippen molar-refractivity contribution < 1.29 is 48.8 Å². The van der Waals surface area contributed by atoms with Crippen LogP contribution in [0.2, 0.25) is 5.02 Å². The van der Waals surface area contributed by atoms with Crippen molar-refractivity contribution in [2.24, 2.45) is 0 Å². The molecule has 1 fully saturated rings. The minimum atomic E-state index is -1.26. The third-order valence-corrected chi connectivity index (χ3v) is 7.80. The molecule has 0 aliphatic carbocycles. The molecule has 0 radical (unpaired) electrons. The van der Waals surface area contributed by atoms with Gasteiger partial charge in [-0.2, -0.15) is 4.98 Å². The van der Waals surface area contributed by atoms with E-state index >= 15 is 0 Å². The maximum absolute atomic E-state index is 13.5. The number of rotatable bonds is 18. The molecule has 0 bridgehead atoms. The first-order valence-corrected chi connectivity index (χ1v) is 16.6. The Balaban J connectivity index is 0.000000846. The number of carbonyl (C=O) groups is 4. The summed E-state index contributed by atoms with van der Waals surface area (Å²) in [5.74, 6) is -1.78. The molecule has 1 aliphatic rings. The average Bonchev–Trinajstić information content (AvgIpc) is 3.62. The number of benzene rings is 1. The summed E-state index contributed by atoms with van der Waals surface area (Å²) in [6, 6.07) is 6.91. The van der Waals surface area contributed by atoms with Crippen molar-refractivity contribution in [3.05, 3.63) is 81.3 Å². The molecule has 4 rings (SSSR count). The number of nitrogens with one attached hydrogen (secondary N) is 1. The van der Waals surface area contributed by atoms with E-state index in [2.05, 4.69) is 25.1 Å². The monoisotopic (exact) mass is 758 g/mol. The number of nitrogens with zero attached hydrogens (tertiary/aromatic N) is 7. The van der Waals surface area contributed by atoms with Crippen molar-refractivity contribution in [2.45, 2.75) is 51.1 Å². The predicted octanol–water partition coefficient (Wildman–Crippen LogP) is 3.81. The first kappa shape index (κ1) is 41.3. The maximum Gasteiger partial charge on any atom is 0.328 e. The molecule has 0 unspecified atom stereocenters. The Hall–Kier alpha value is -6.11. The number of hydrogen-bond acceptors (Lipinski definition) is 15. The third kappa shape index (κ3) is 13.9. The molecule has 3 heterocycles. The molecular formula is C33H39ClN8O11. The molecule has 0 saturated carbocycles. The zero-order valence-electron chi connectivity index (χ0n) is 28.9. The first-order chi connectivity index (χ1) is 25.4. The SMILES string of the molecule is COc1ccc(CNc2nc(N3CCC[C@H]3COC(=O)CCCCCO[N+](=O)[O-])ncc2C(=O)N(C)c2ncccn2)cc1Cl.O=C(O)/C=C\C(=O)O. The lowest BCUT2D eigenvalue weighted by Gasteiger charge is -2.25. The second-order valence-corrected chi connectivity index (χ2v) is 11.6. The smallest absolute Gasteiger partial charge is 0.328 e. The Morgan fingerprint density at radius 1 is 1.11 bits per heavy atom. The molecule has 0 spiro atoms. The number of aromatic nitrogens is 4. The quantitative estimate of drug-likeness (QED) is 0.0548. The van der Waals surface area contributed by atoms with Crippen LogP contribution in [0.4, 0.5) is 17.7 Å². The zero-order valence-corrected chi connectivity index (χ0v) is 29.7. The van der Waals surface area contributed by atoms with Gasteiger partial charge in [-0.25, -0.2) is 24.5 Å². The lowest BCUT2D eigenvalue weighted by atomic mass is 10.2. The minimum absolute atomic E-state index is 0.00444. The van der Waals surface area contributed by atoms with Crippen molar-refractivity contribution >= 4 is 53.1 Å². The molecule has 284 valence electrons. The van der Waals surface area contributed by atoms with E-state index in [-0.39, 0.29) is 43.2 Å². The largest absolute Gasteiger partial charge is 0.495 e. The number of aliphatic carboxylic acids is 2. The molecule has 1 aliphatic heterocycles. The van der Waals surface area contributed by atoms with E-state index in [0.717, 1.165) is 18.4 Å². The van der Waals surface area contributed by atoms with Crippen molar-refractivity contribution in [3.63, 3.8) is 0 Å². The second-order valence-electron chi connectivity index (χ2n) is 11.2. The number of carboxylic acid groups (broad SMARTS) is 2. The van der Waals surface area contributed by atoms with Gasteiger partial charge in [-0.05, 0) is 49.4 Å². The normalized spacial score (nSPS) is 13.4. The summed E-state index contributed by atoms with van der Waals surface area (Å²) >= 11 is 6.32. The lowest BCUT2D eigenvalue weighted by molar-refractivity contribution is -0.757. The van der Waals surface area contributed by atoms with Crippen molar-refractivity contribution in [3.8, 4) is 5.75 Å². The van der Waals surface area contributed by atoms with E-state index in [1.165, 1.54) is 11.1 Å². The number of amides is 1. The summed E-state index contributed by atoms with van der Waals surface area (Å²) in [7, 11) is 3.11. The Kier molecular flexibility index (Phi) is 16.6. The number of methoxy groups -OCH3 is 1. The van der Waals surface area contributed by atoms with Crippen molar-refractivity contribution in [1.29, 1.82) is 0 Å². The highest BCUT2D eigenvalue weighted by atomic mass is 35.5. The van der Waals surface area contributed by atoms with Crippen LogP contribution >= 0.6 is 11.6 Å². The molecule has 2 aromatic heterocycles. The molecule has 3 N–H and O–H groups in total. The van der Waals surface area contributed by atoms with E-state index < -0.39 is 22.9 Å². The molecule has 1 atom stereocenters. The van der Waals surface area contributed by atoms with Crippen LogP contribution in [0.1, 0.15) is 54.4 Å². The number of ether oxygens (including phenoxy) is 2. The van der Waals surface area contributed by atoms with E-state index in [4.69, 9.17) is 36.3 Å². The van der Waals surface area contributed by atoms with E-state index in [0.29, 0.717) is 67.0 Å². The predicted molar refractivity (Wildman–Crippen MR) is 189 cm³/mol. The molecular weight excluding hydrogens is 720 g/mol. The summed E-state index contributed by atoms with van der Waals surface area (Å²) in [6.45, 7) is 1.13. The third-order valence-electron chi connectivity index (χ3n) is 7.50. The Bertz CT molecular complexity index is 1730. The summed E-state index contributed by atoms with van der Waals surface area (Å²) in [6.07, 6.45) is 9.16. The van der Waals surface area contributed by atoms with Gasteiger partial charge in [0.1, 0.15) is 23.7 Å². The van der Waals surface area contributed by atoms with Gasteiger partial charge in [-0.1, -0.05) is 24.1 Å². The highest BCUT2D eigenvalue weighted by Gasteiger charge is 2.30. The molecule has 3 aromatic rings. The summed E-state index contributed by atoms with van der Waals surface area (Å²) < 4.78 is 10.8. The molecule has 1 aromatic carbocycles. The molecule has 20 heteroatoms. The van der Waals surface area contributed by atoms with Gasteiger partial charge >= 0.3 is 17.9 Å². The maximum atomic E-state index is 13.5. The molecule has 19 nitrogen and oxygen atoms in total. The molecule has 1 amide bonds. The van der Waals surface area contributed by atoms with Crippen LogP contribution in [-0.2, 0) is 30.5 Å². The van der Waals surface area contributed by atoms with Crippen LogP contribution in [0.15, 0.2) is 55.0 Å². The number of carboxylic acids is 2. The zero-order chi connectivity index (χ0) is 38.8. The van der Waals surface area contributed by atoms with Gasteiger partial charge in [0.2, 0.25) is 11.9 Å². The topological polar surface area (TPSA) is 250 Å². The minimum Gasteiger partial charge on any atom is -0.495 e. The van der Waals surface area contributed by atoms with E-state index in [9.17, 15) is 29.3 Å². The Labute approximate surface area is 308 Å². The fourth-order valence-electron chi connectivity index (χ4n) is 4.91. The van der Waals surface area contributed by atoms with Gasteiger partial charge in [0.15, 0.2) is 0 Å². The van der Waals surface area contributed by atoms with Crippen LogP contribution in [-0.4, -0.2) is 99.0 Å². The van der Waals surface area contributed by atoms with Crippen molar-refractivity contribution in [2.75, 3.05) is 49.0 Å². The second kappa shape index (κ2) is 21.3. The Morgan fingerprint density at radius 2 is 1.83 bits per heavy atom. The van der Waals surface area contributed by atoms with Crippen LogP contribution in [0, 0.1) is 10.1 Å². The van der Waals surface area contributed by atoms with Crippen molar-refractivity contribution in [1.82, 2.24) is 19.9 Å². The standard InChI is InChI=1S/C29H35ClN8O7.C4H4O4/c1-36(28-31-12-7-13-32-28)27(40)22-18-34-29(35-26(22)33-17-20-10-11-24(43-2)23(30)16-20)37-14-6-8-21(37)19-44-25(39)9-4-3-5-15-45-38(41)42;5-3(6)1-2-4(7)8/h7,10-13,16,18,21H,3-6,8-9,14-15,17,19H2,1-2H3,(H,33,34,35);1-2H,(H,5,6)(H,7,8)/b;2-1-/t21-;/m0./s1. The first-order valence-electron chi connectivity index (χ1n) is 16.2. The number of carbonyl (C=O) groups excluding carboxylic acids is 2. The highest BCUT2D eigenvalue weighted by molar-refractivity contribution is 6.32. The van der Waals surface area contributed by atoms with Gasteiger partial charge in [0.05, 0.1) is 24.8 Å². The number of anilines is 3. The molecule has 53 heavy (non-hydrogen) atoms. The van der Waals surface area contributed by atoms with Crippen LogP contribution < -0.4 is 19.9 Å². The summed E-state index contributed by atoms with van der Waals surface area (Å²) in [4.78, 5) is 80.4. The van der Waals surface area contributed by atoms with Gasteiger partial charge in [-0.15, -0.1) is 10.1 Å². The highest BCUT2D eigenvalue weighted by Crippen LogP contribution is 2.28. The van der Waals surface area contributed by atoms with Crippen LogP contribution in [0.3, 0.4) is 0 Å². The number of esters is 1. The van der Waals surface area contributed by atoms with Crippen LogP contribution in [0.25, 0.3) is 0 Å². The molecule has 1 saturated heterocycles. The van der Waals surface area contributed by atoms with E-state index in [1.807, 2.05) is 11.0 Å². The average molecular weight is 759 g/mol. The van der Waals surface area contributed by atoms with Gasteiger partial charge in [0.25, 0.3) is 11.0 Å². The van der Waals surface area contributed by atoms with Gasteiger partial charge < -0.3 is 34.7 Å². The lowest BCUT2D eigenvalue weighted by Crippen LogP contribution is -2.36. The van der Waals surface area contributed by atoms with Gasteiger partial charge in [-0.3, -0.25) is 14.5 Å². The van der Waals surface area contributed by atoms with Gasteiger partial charge in [0, 0.05) is 57.3 Å². The number of hydrogen-bond donors (Lipinski definition) is 3. The van der Waals surface area contributed by atoms with Crippen LogP contribution in [0.5, 0.6) is 5.75 Å². The van der Waals surface area contributed by atoms with E-state index in [1.54, 1.807) is 44.8 Å². The Morgan fingerprint density at radius 3 is 2.47 bits per heavy atom. The fraction of sp³-hybridized carbons (Fsp3) is 0.394. The number of unbranched alkanes of at least 4 members (excludes halogenated alkanes) is 2. The fourth-order valence-corrected chi connectivity index (χ4v) is 5.19.